The van der Waals surface area contributed by atoms with Gasteiger partial charge in [-0.1, -0.05) is 103 Å². The third-order valence-electron chi connectivity index (χ3n) is 9.72. The maximum atomic E-state index is 14.0. The average molecular weight is 758 g/mol. The molecule has 3 N–H and O–H groups in total. The Labute approximate surface area is 316 Å². The Balaban J connectivity index is 1.09. The molecule has 13 heteroatoms. The van der Waals surface area contributed by atoms with E-state index in [9.17, 15) is 14.5 Å². The van der Waals surface area contributed by atoms with Crippen LogP contribution in [0.5, 0.6) is 5.75 Å². The molecule has 4 unspecified atom stereocenters. The van der Waals surface area contributed by atoms with Gasteiger partial charge in [-0.05, 0) is 43.5 Å². The third-order valence-corrected chi connectivity index (χ3v) is 10.5. The van der Waals surface area contributed by atoms with E-state index in [2.05, 4.69) is 17.0 Å². The van der Waals surface area contributed by atoms with Gasteiger partial charge in [-0.15, -0.1) is 0 Å². The van der Waals surface area contributed by atoms with Gasteiger partial charge in [0.1, 0.15) is 29.5 Å². The first kappa shape index (κ1) is 42.8. The summed E-state index contributed by atoms with van der Waals surface area (Å²) < 4.78 is 45.1. The number of aromatic nitrogens is 3. The van der Waals surface area contributed by atoms with Gasteiger partial charge in [0, 0.05) is 18.6 Å². The molecule has 0 saturated carbocycles. The minimum atomic E-state index is -2.18. The first-order valence-corrected chi connectivity index (χ1v) is 21.0. The van der Waals surface area contributed by atoms with Crippen LogP contribution in [-0.4, -0.2) is 58.6 Å². The summed E-state index contributed by atoms with van der Waals surface area (Å²) in [7, 11) is -2.18. The molecule has 4 atom stereocenters. The second kappa shape index (κ2) is 25.2. The molecule has 11 nitrogen and oxygen atoms in total. The van der Waals surface area contributed by atoms with Gasteiger partial charge in [-0.25, -0.2) is 13.9 Å². The smallest absolute Gasteiger partial charge is 0.329 e. The summed E-state index contributed by atoms with van der Waals surface area (Å²) in [5.41, 5.74) is 7.77. The summed E-state index contributed by atoms with van der Waals surface area (Å²) in [6, 6.07) is 9.65. The fourth-order valence-corrected chi connectivity index (χ4v) is 7.39. The van der Waals surface area contributed by atoms with E-state index < -0.39 is 14.4 Å². The zero-order valence-electron chi connectivity index (χ0n) is 31.6. The standard InChI is InChI=1S/C40H61FN5O6P/c1-2-3-4-5-6-7-8-9-10-11-12-13-14-15-16-17-22-48-27-33(28-49-36-24-32(26-42)23-34(41)25-36)29-50-53(47)51-30-35-18-21-39(52-35)37-19-20-38-40(43)44-31-45-46(37)38/h19-20,23-25,31,33,35,39,47H,2-18,21-22,27-30H2,1H3,(H2,43,44,45). The minimum Gasteiger partial charge on any atom is -0.493 e. The molecule has 0 spiro atoms. The second-order valence-corrected chi connectivity index (χ2v) is 15.2. The third kappa shape index (κ3) is 16.2. The Morgan fingerprint density at radius 1 is 0.925 bits per heavy atom. The highest BCUT2D eigenvalue weighted by molar-refractivity contribution is 7.40. The minimum absolute atomic E-state index is 0.118. The Morgan fingerprint density at radius 3 is 2.28 bits per heavy atom. The molecule has 53 heavy (non-hydrogen) atoms. The van der Waals surface area contributed by atoms with Crippen molar-refractivity contribution in [1.82, 2.24) is 14.6 Å². The van der Waals surface area contributed by atoms with Gasteiger partial charge in [0.25, 0.3) is 0 Å². The molecule has 1 saturated heterocycles. The first-order valence-electron chi connectivity index (χ1n) is 19.9. The van der Waals surface area contributed by atoms with Crippen LogP contribution in [0.4, 0.5) is 10.2 Å². The topological polar surface area (TPSA) is 146 Å². The van der Waals surface area contributed by atoms with Crippen LogP contribution in [0.1, 0.15) is 140 Å². The molecular formula is C40H61FN5O6P. The summed E-state index contributed by atoms with van der Waals surface area (Å²) in [5.74, 6) is -0.137. The number of benzene rings is 1. The fourth-order valence-electron chi connectivity index (χ4n) is 6.69. The van der Waals surface area contributed by atoms with Crippen LogP contribution in [0, 0.1) is 23.1 Å². The van der Waals surface area contributed by atoms with Crippen LogP contribution in [0.3, 0.4) is 0 Å². The largest absolute Gasteiger partial charge is 0.493 e. The molecule has 0 aliphatic carbocycles. The van der Waals surface area contributed by atoms with Crippen molar-refractivity contribution >= 4 is 19.9 Å². The SMILES string of the molecule is CCCCCCCCCCCCCCCCCCOCC(COc1cc(F)cc(C#N)c1)COP(O)OCC1CCC(c2ccc3c(N)ncnn23)O1. The molecular weight excluding hydrogens is 696 g/mol. The average Bonchev–Trinajstić information content (AvgIpc) is 3.82. The van der Waals surface area contributed by atoms with Crippen molar-refractivity contribution in [3.63, 3.8) is 0 Å². The normalized spacial score (nSPS) is 16.9. The predicted molar refractivity (Wildman–Crippen MR) is 206 cm³/mol. The van der Waals surface area contributed by atoms with Crippen LogP contribution in [0.15, 0.2) is 36.7 Å². The van der Waals surface area contributed by atoms with Gasteiger partial charge in [0.2, 0.25) is 0 Å². The van der Waals surface area contributed by atoms with E-state index in [1.807, 2.05) is 18.2 Å². The summed E-state index contributed by atoms with van der Waals surface area (Å²) >= 11 is 0. The zero-order valence-corrected chi connectivity index (χ0v) is 32.5. The lowest BCUT2D eigenvalue weighted by Crippen LogP contribution is -2.23. The molecule has 1 aliphatic rings. The molecule has 0 radical (unpaired) electrons. The number of hydrogen-bond donors (Lipinski definition) is 2. The lowest BCUT2D eigenvalue weighted by molar-refractivity contribution is 0.00717. The molecule has 1 fully saturated rings. The highest BCUT2D eigenvalue weighted by Gasteiger charge is 2.30. The van der Waals surface area contributed by atoms with Crippen LogP contribution in [-0.2, 0) is 18.5 Å². The van der Waals surface area contributed by atoms with Crippen molar-refractivity contribution in [1.29, 1.82) is 5.26 Å². The molecule has 3 aromatic rings. The lowest BCUT2D eigenvalue weighted by Gasteiger charge is -2.20. The Morgan fingerprint density at radius 2 is 1.60 bits per heavy atom. The Hall–Kier alpha value is -2.91. The molecule has 294 valence electrons. The zero-order chi connectivity index (χ0) is 37.5. The highest BCUT2D eigenvalue weighted by Crippen LogP contribution is 2.38. The number of rotatable bonds is 29. The van der Waals surface area contributed by atoms with Gasteiger partial charge in [0.05, 0.1) is 49.9 Å². The molecule has 2 aromatic heterocycles. The number of nitrogens with zero attached hydrogens (tertiary/aromatic N) is 4. The fraction of sp³-hybridized carbons (Fsp3) is 0.675. The number of nitrogens with two attached hydrogens (primary N) is 1. The van der Waals surface area contributed by atoms with Crippen molar-refractivity contribution < 1.29 is 32.5 Å². The van der Waals surface area contributed by atoms with E-state index in [-0.39, 0.29) is 49.3 Å². The van der Waals surface area contributed by atoms with E-state index >= 15 is 0 Å². The van der Waals surface area contributed by atoms with Crippen LogP contribution >= 0.6 is 8.60 Å². The van der Waals surface area contributed by atoms with Crippen LogP contribution < -0.4 is 10.5 Å². The van der Waals surface area contributed by atoms with E-state index in [0.29, 0.717) is 19.0 Å². The van der Waals surface area contributed by atoms with E-state index in [1.165, 1.54) is 108 Å². The molecule has 1 aliphatic heterocycles. The highest BCUT2D eigenvalue weighted by atomic mass is 31.2. The summed E-state index contributed by atoms with van der Waals surface area (Å²) in [4.78, 5) is 14.6. The first-order chi connectivity index (χ1) is 26.0. The van der Waals surface area contributed by atoms with Crippen LogP contribution in [0.25, 0.3) is 5.52 Å². The van der Waals surface area contributed by atoms with E-state index in [1.54, 1.807) is 4.52 Å². The number of hydrogen-bond acceptors (Lipinski definition) is 10. The van der Waals surface area contributed by atoms with Crippen molar-refractivity contribution in [2.45, 2.75) is 135 Å². The number of unbranched alkanes of at least 4 members (excludes halogenated alkanes) is 15. The summed E-state index contributed by atoms with van der Waals surface area (Å²) in [6.45, 7) is 3.68. The Bertz CT molecular complexity index is 1490. The van der Waals surface area contributed by atoms with Gasteiger partial charge in [0.15, 0.2) is 5.82 Å². The molecule has 3 heterocycles. The number of anilines is 1. The van der Waals surface area contributed by atoms with Crippen molar-refractivity contribution in [2.24, 2.45) is 5.92 Å². The van der Waals surface area contributed by atoms with Gasteiger partial charge in [-0.2, -0.15) is 10.4 Å². The van der Waals surface area contributed by atoms with Crippen molar-refractivity contribution in [3.8, 4) is 11.8 Å². The molecule has 0 bridgehead atoms. The predicted octanol–water partition coefficient (Wildman–Crippen LogP) is 9.77. The van der Waals surface area contributed by atoms with Crippen LogP contribution in [0.2, 0.25) is 0 Å². The van der Waals surface area contributed by atoms with E-state index in [4.69, 9.17) is 29.0 Å². The maximum Gasteiger partial charge on any atom is 0.329 e. The summed E-state index contributed by atoms with van der Waals surface area (Å²) in [5, 5.41) is 13.5. The van der Waals surface area contributed by atoms with E-state index in [0.717, 1.165) is 43.0 Å². The van der Waals surface area contributed by atoms with Gasteiger partial charge >= 0.3 is 8.60 Å². The number of nitriles is 1. The monoisotopic (exact) mass is 757 g/mol. The number of ether oxygens (including phenoxy) is 3. The molecule has 4 rings (SSSR count). The Kier molecular flexibility index (Phi) is 20.4. The quantitative estimate of drug-likeness (QED) is 0.0518. The van der Waals surface area contributed by atoms with Gasteiger partial charge in [-0.3, -0.25) is 0 Å². The van der Waals surface area contributed by atoms with Gasteiger partial charge < -0.3 is 33.9 Å². The lowest BCUT2D eigenvalue weighted by atomic mass is 10.0. The maximum absolute atomic E-state index is 14.0. The molecule has 1 aromatic carbocycles. The summed E-state index contributed by atoms with van der Waals surface area (Å²) in [6.07, 6.45) is 23.6. The molecule has 0 amide bonds. The van der Waals surface area contributed by atoms with Crippen molar-refractivity contribution in [3.05, 3.63) is 53.7 Å². The number of fused-ring (bicyclic) bond motifs is 1. The number of halogens is 1. The van der Waals surface area contributed by atoms with Crippen molar-refractivity contribution in [2.75, 3.05) is 38.8 Å². The second-order valence-electron chi connectivity index (χ2n) is 14.2. The number of nitrogen functional groups attached to an aromatic ring is 1.